The van der Waals surface area contributed by atoms with Gasteiger partial charge in [-0.05, 0) is 43.1 Å². The lowest BCUT2D eigenvalue weighted by Gasteiger charge is -2.39. The summed E-state index contributed by atoms with van der Waals surface area (Å²) in [6.07, 6.45) is 1.37. The number of likely N-dealkylation sites (N-methyl/N-ethyl adjacent to an activating group) is 1. The molecule has 3 rings (SSSR count). The van der Waals surface area contributed by atoms with Crippen LogP contribution in [-0.2, 0) is 16.4 Å². The average Bonchev–Trinajstić information content (AvgIpc) is 2.63. The molecular formula is C20H25FN2O2S. The van der Waals surface area contributed by atoms with Crippen LogP contribution < -0.4 is 0 Å². The standard InChI is InChI=1S/C20H25FN2O2S/c1-22-13-14-23(16-20(22)18-9-11-19(21)12-10-18)26(24,25)15-5-8-17-6-3-2-4-7-17/h2-4,6-7,9-12,20H,5,8,13-16H2,1H3. The number of rotatable bonds is 6. The van der Waals surface area contributed by atoms with E-state index >= 15 is 0 Å². The highest BCUT2D eigenvalue weighted by molar-refractivity contribution is 7.89. The SMILES string of the molecule is CN1CCN(S(=O)(=O)CCCc2ccccc2)CC1c1ccc(F)cc1. The Hall–Kier alpha value is -1.76. The largest absolute Gasteiger partial charge is 0.297 e. The summed E-state index contributed by atoms with van der Waals surface area (Å²) < 4.78 is 40.3. The van der Waals surface area contributed by atoms with Crippen LogP contribution in [0, 0.1) is 5.82 Å². The van der Waals surface area contributed by atoms with Gasteiger partial charge in [0.25, 0.3) is 0 Å². The van der Waals surface area contributed by atoms with E-state index in [-0.39, 0.29) is 17.6 Å². The Morgan fingerprint density at radius 2 is 1.73 bits per heavy atom. The second-order valence-electron chi connectivity index (χ2n) is 6.81. The van der Waals surface area contributed by atoms with Gasteiger partial charge in [-0.2, -0.15) is 4.31 Å². The highest BCUT2D eigenvalue weighted by Crippen LogP contribution is 2.26. The lowest BCUT2D eigenvalue weighted by Crippen LogP contribution is -2.49. The van der Waals surface area contributed by atoms with E-state index < -0.39 is 10.0 Å². The number of hydrogen-bond acceptors (Lipinski definition) is 3. The van der Waals surface area contributed by atoms with Crippen LogP contribution >= 0.6 is 0 Å². The Balaban J connectivity index is 1.62. The third-order valence-electron chi connectivity index (χ3n) is 4.97. The van der Waals surface area contributed by atoms with Crippen LogP contribution in [0.5, 0.6) is 0 Å². The second-order valence-corrected chi connectivity index (χ2v) is 8.90. The van der Waals surface area contributed by atoms with Crippen molar-refractivity contribution in [2.75, 3.05) is 32.4 Å². The molecule has 0 bridgehead atoms. The van der Waals surface area contributed by atoms with Gasteiger partial charge in [0.2, 0.25) is 10.0 Å². The maximum atomic E-state index is 13.2. The molecular weight excluding hydrogens is 351 g/mol. The molecule has 6 heteroatoms. The van der Waals surface area contributed by atoms with Crippen molar-refractivity contribution in [1.29, 1.82) is 0 Å². The smallest absolute Gasteiger partial charge is 0.214 e. The number of benzene rings is 2. The maximum absolute atomic E-state index is 13.2. The highest BCUT2D eigenvalue weighted by Gasteiger charge is 2.32. The van der Waals surface area contributed by atoms with E-state index in [4.69, 9.17) is 0 Å². The summed E-state index contributed by atoms with van der Waals surface area (Å²) in [6, 6.07) is 16.2. The van der Waals surface area contributed by atoms with E-state index in [0.717, 1.165) is 17.5 Å². The summed E-state index contributed by atoms with van der Waals surface area (Å²) in [5, 5.41) is 0. The van der Waals surface area contributed by atoms with Gasteiger partial charge in [0.05, 0.1) is 5.75 Å². The van der Waals surface area contributed by atoms with Crippen molar-refractivity contribution in [2.45, 2.75) is 18.9 Å². The molecule has 0 saturated carbocycles. The fourth-order valence-corrected chi connectivity index (χ4v) is 4.87. The molecule has 0 N–H and O–H groups in total. The number of sulfonamides is 1. The predicted octanol–water partition coefficient (Wildman–Crippen LogP) is 3.08. The maximum Gasteiger partial charge on any atom is 0.214 e. The van der Waals surface area contributed by atoms with Crippen molar-refractivity contribution in [3.05, 3.63) is 71.5 Å². The molecule has 1 fully saturated rings. The van der Waals surface area contributed by atoms with Gasteiger partial charge in [0.1, 0.15) is 5.82 Å². The van der Waals surface area contributed by atoms with Gasteiger partial charge in [-0.1, -0.05) is 42.5 Å². The molecule has 0 spiro atoms. The van der Waals surface area contributed by atoms with E-state index in [1.54, 1.807) is 16.4 Å². The topological polar surface area (TPSA) is 40.6 Å². The summed E-state index contributed by atoms with van der Waals surface area (Å²) in [5.41, 5.74) is 2.10. The first-order valence-corrected chi connectivity index (χ1v) is 10.5. The van der Waals surface area contributed by atoms with Crippen LogP contribution in [0.25, 0.3) is 0 Å². The Kier molecular flexibility index (Phi) is 6.06. The fraction of sp³-hybridized carbons (Fsp3) is 0.400. The number of halogens is 1. The molecule has 0 aliphatic carbocycles. The van der Waals surface area contributed by atoms with Crippen LogP contribution in [-0.4, -0.2) is 50.1 Å². The summed E-state index contributed by atoms with van der Waals surface area (Å²) in [4.78, 5) is 2.13. The van der Waals surface area contributed by atoms with Crippen LogP contribution in [0.3, 0.4) is 0 Å². The predicted molar refractivity (Wildman–Crippen MR) is 102 cm³/mol. The molecule has 0 radical (unpaired) electrons. The number of hydrogen-bond donors (Lipinski definition) is 0. The molecule has 1 heterocycles. The third kappa shape index (κ3) is 4.69. The van der Waals surface area contributed by atoms with Gasteiger partial charge in [-0.3, -0.25) is 4.90 Å². The molecule has 1 saturated heterocycles. The van der Waals surface area contributed by atoms with E-state index in [0.29, 0.717) is 26.1 Å². The van der Waals surface area contributed by atoms with Crippen molar-refractivity contribution in [3.63, 3.8) is 0 Å². The molecule has 1 aliphatic heterocycles. The van der Waals surface area contributed by atoms with Crippen LogP contribution in [0.2, 0.25) is 0 Å². The van der Waals surface area contributed by atoms with Gasteiger partial charge in [0, 0.05) is 25.7 Å². The number of piperazine rings is 1. The zero-order valence-corrected chi connectivity index (χ0v) is 15.8. The van der Waals surface area contributed by atoms with E-state index in [2.05, 4.69) is 4.90 Å². The van der Waals surface area contributed by atoms with Crippen LogP contribution in [0.4, 0.5) is 4.39 Å². The molecule has 1 atom stereocenters. The summed E-state index contributed by atoms with van der Waals surface area (Å²) in [5.74, 6) is -0.125. The van der Waals surface area contributed by atoms with Gasteiger partial charge >= 0.3 is 0 Å². The van der Waals surface area contributed by atoms with E-state index in [9.17, 15) is 12.8 Å². The molecule has 2 aromatic carbocycles. The monoisotopic (exact) mass is 376 g/mol. The Labute approximate surface area is 155 Å². The van der Waals surface area contributed by atoms with Crippen molar-refractivity contribution < 1.29 is 12.8 Å². The molecule has 2 aromatic rings. The van der Waals surface area contributed by atoms with E-state index in [1.807, 2.05) is 37.4 Å². The summed E-state index contributed by atoms with van der Waals surface area (Å²) in [6.45, 7) is 1.58. The zero-order chi connectivity index (χ0) is 18.6. The molecule has 0 amide bonds. The quantitative estimate of drug-likeness (QED) is 0.778. The first-order chi connectivity index (χ1) is 12.5. The lowest BCUT2D eigenvalue weighted by atomic mass is 10.0. The van der Waals surface area contributed by atoms with Gasteiger partial charge in [-0.15, -0.1) is 0 Å². The normalized spacial score (nSPS) is 19.5. The third-order valence-corrected chi connectivity index (χ3v) is 6.89. The van der Waals surface area contributed by atoms with Crippen molar-refractivity contribution in [2.24, 2.45) is 0 Å². The van der Waals surface area contributed by atoms with Crippen molar-refractivity contribution in [1.82, 2.24) is 9.21 Å². The van der Waals surface area contributed by atoms with Crippen molar-refractivity contribution in [3.8, 4) is 0 Å². The Bertz CT molecular complexity index is 809. The minimum Gasteiger partial charge on any atom is -0.297 e. The number of aryl methyl sites for hydroxylation is 1. The summed E-state index contributed by atoms with van der Waals surface area (Å²) in [7, 11) is -1.31. The minimum absolute atomic E-state index is 0.0479. The van der Waals surface area contributed by atoms with E-state index in [1.165, 1.54) is 12.1 Å². The summed E-state index contributed by atoms with van der Waals surface area (Å²) >= 11 is 0. The van der Waals surface area contributed by atoms with Gasteiger partial charge in [0.15, 0.2) is 0 Å². The van der Waals surface area contributed by atoms with Crippen molar-refractivity contribution >= 4 is 10.0 Å². The van der Waals surface area contributed by atoms with Gasteiger partial charge < -0.3 is 0 Å². The molecule has 0 aromatic heterocycles. The van der Waals surface area contributed by atoms with Crippen LogP contribution in [0.1, 0.15) is 23.6 Å². The lowest BCUT2D eigenvalue weighted by molar-refractivity contribution is 0.148. The molecule has 140 valence electrons. The Morgan fingerprint density at radius 1 is 1.04 bits per heavy atom. The second kappa shape index (κ2) is 8.29. The molecule has 1 aliphatic rings. The highest BCUT2D eigenvalue weighted by atomic mass is 32.2. The molecule has 4 nitrogen and oxygen atoms in total. The first kappa shape index (κ1) is 19.0. The average molecular weight is 376 g/mol. The fourth-order valence-electron chi connectivity index (χ4n) is 3.38. The minimum atomic E-state index is -3.29. The molecule has 1 unspecified atom stereocenters. The Morgan fingerprint density at radius 3 is 2.42 bits per heavy atom. The molecule has 26 heavy (non-hydrogen) atoms. The van der Waals surface area contributed by atoms with Crippen LogP contribution in [0.15, 0.2) is 54.6 Å². The van der Waals surface area contributed by atoms with Gasteiger partial charge in [-0.25, -0.2) is 12.8 Å². The first-order valence-electron chi connectivity index (χ1n) is 8.93. The zero-order valence-electron chi connectivity index (χ0n) is 15.0. The number of nitrogens with zero attached hydrogens (tertiary/aromatic N) is 2.